The molecule has 4 aliphatic heterocycles. The number of rotatable bonds is 10. The van der Waals surface area contributed by atoms with Crippen LogP contribution in [0.4, 0.5) is 16.2 Å². The highest BCUT2D eigenvalue weighted by Crippen LogP contribution is 2.43. The Morgan fingerprint density at radius 1 is 0.880 bits per heavy atom. The molecule has 4 heterocycles. The van der Waals surface area contributed by atoms with Crippen molar-refractivity contribution >= 4 is 58.5 Å². The number of nitrogens with zero attached hydrogens (tertiary/aromatic N) is 4. The molecule has 50 heavy (non-hydrogen) atoms. The second-order valence-electron chi connectivity index (χ2n) is 11.9. The summed E-state index contributed by atoms with van der Waals surface area (Å²) in [6, 6.07) is 5.46. The van der Waals surface area contributed by atoms with Gasteiger partial charge in [0, 0.05) is 37.2 Å². The molecule has 3 atom stereocenters. The number of hydrogen-bond acceptors (Lipinski definition) is 10. The van der Waals surface area contributed by atoms with E-state index in [1.165, 1.54) is 54.3 Å². The molecule has 13 nitrogen and oxygen atoms in total. The van der Waals surface area contributed by atoms with Gasteiger partial charge in [-0.3, -0.25) is 14.6 Å². The number of ether oxygens (including phenoxy) is 4. The minimum atomic E-state index is -1.39. The molecule has 1 N–H and O–H groups in total. The van der Waals surface area contributed by atoms with Crippen LogP contribution in [-0.2, 0) is 3.07 Å². The van der Waals surface area contributed by atoms with Gasteiger partial charge in [-0.1, -0.05) is 24.3 Å². The van der Waals surface area contributed by atoms with Crippen molar-refractivity contribution in [2.45, 2.75) is 51.4 Å². The molecule has 0 aromatic heterocycles. The van der Waals surface area contributed by atoms with Crippen LogP contribution in [0.5, 0.6) is 23.0 Å². The van der Waals surface area contributed by atoms with Crippen molar-refractivity contribution in [3.8, 4) is 23.0 Å². The maximum absolute atomic E-state index is 13.8. The fourth-order valence-corrected chi connectivity index (χ4v) is 6.71. The van der Waals surface area contributed by atoms with Crippen LogP contribution in [0.1, 0.15) is 53.8 Å². The van der Waals surface area contributed by atoms with Crippen molar-refractivity contribution in [1.82, 2.24) is 9.80 Å². The van der Waals surface area contributed by atoms with Crippen molar-refractivity contribution in [1.29, 1.82) is 0 Å². The van der Waals surface area contributed by atoms with Crippen molar-refractivity contribution in [3.63, 3.8) is 0 Å². The van der Waals surface area contributed by atoms with Crippen molar-refractivity contribution < 1.29 is 41.5 Å². The lowest BCUT2D eigenvalue weighted by atomic mass is 10.1. The SMILES string of the molecule is C/C=C/C1=CN2C(=O)c3cc(OC)c(OCCCOc4cc5c(cc4OC)C(=O)N4C=C(/C=C/C)C[C@H]4[C@H](O)N5C(=O)OI)cc3N=C[C@@H]2C1. The van der Waals surface area contributed by atoms with E-state index in [0.717, 1.165) is 16.0 Å². The van der Waals surface area contributed by atoms with Crippen LogP contribution in [0.2, 0.25) is 0 Å². The Bertz CT molecular complexity index is 1850. The molecule has 0 unspecified atom stereocenters. The van der Waals surface area contributed by atoms with Gasteiger partial charge < -0.3 is 36.9 Å². The first-order valence-electron chi connectivity index (χ1n) is 16.1. The highest BCUT2D eigenvalue weighted by atomic mass is 127. The topological polar surface area (TPSA) is 140 Å². The number of benzene rings is 2. The summed E-state index contributed by atoms with van der Waals surface area (Å²) >= 11 is 1.45. The first-order valence-corrected chi connectivity index (χ1v) is 17.0. The molecular formula is C36H37IN4O9. The quantitative estimate of drug-likeness (QED) is 0.219. The van der Waals surface area contributed by atoms with Gasteiger partial charge in [-0.05, 0) is 50.0 Å². The average molecular weight is 797 g/mol. The molecule has 0 fully saturated rings. The lowest BCUT2D eigenvalue weighted by molar-refractivity contribution is 0.0582. The number of halogens is 1. The van der Waals surface area contributed by atoms with Crippen molar-refractivity contribution in [3.05, 3.63) is 83.2 Å². The summed E-state index contributed by atoms with van der Waals surface area (Å²) in [4.78, 5) is 49.0. The molecular weight excluding hydrogens is 759 g/mol. The van der Waals surface area contributed by atoms with E-state index in [9.17, 15) is 19.5 Å². The van der Waals surface area contributed by atoms with Crippen LogP contribution in [0.25, 0.3) is 0 Å². The predicted octanol–water partition coefficient (Wildman–Crippen LogP) is 6.24. The Morgan fingerprint density at radius 2 is 1.48 bits per heavy atom. The number of aliphatic hydroxyl groups is 1. The van der Waals surface area contributed by atoms with Gasteiger partial charge in [-0.25, -0.2) is 9.69 Å². The second kappa shape index (κ2) is 15.0. The molecule has 6 rings (SSSR count). The highest BCUT2D eigenvalue weighted by molar-refractivity contribution is 14.1. The Hall–Kier alpha value is -4.83. The number of hydrogen-bond donors (Lipinski definition) is 1. The van der Waals surface area contributed by atoms with Crippen LogP contribution >= 0.6 is 23.0 Å². The minimum absolute atomic E-state index is 0.130. The normalized spacial score (nSPS) is 20.9. The predicted molar refractivity (Wildman–Crippen MR) is 194 cm³/mol. The summed E-state index contributed by atoms with van der Waals surface area (Å²) in [7, 11) is 2.96. The Balaban J connectivity index is 1.17. The van der Waals surface area contributed by atoms with Crippen LogP contribution in [0, 0.1) is 0 Å². The molecule has 2 aromatic carbocycles. The molecule has 0 aliphatic carbocycles. The number of carbonyl (C=O) groups excluding carboxylic acids is 3. The maximum Gasteiger partial charge on any atom is 0.426 e. The van der Waals surface area contributed by atoms with Gasteiger partial charge >= 0.3 is 6.09 Å². The molecule has 0 bridgehead atoms. The summed E-state index contributed by atoms with van der Waals surface area (Å²) < 4.78 is 28.2. The standard InChI is InChI=1S/C36H37IN4O9/c1-5-8-21-12-23-18-38-26-16-31(29(46-3)14-24(26)33(42)39(23)19-21)48-10-7-11-49-32-17-27-25(15-30(32)47-4)34(43)40-20-22(9-6-2)13-28(40)35(44)41(27)36(45)50-37/h5-6,8-9,14-20,23,28,35,44H,7,10-13H2,1-4H3/b8-5+,9-6+/t23-,28-,35-/m0/s1. The van der Waals surface area contributed by atoms with Gasteiger partial charge in [0.1, 0.15) is 0 Å². The van der Waals surface area contributed by atoms with E-state index in [-0.39, 0.29) is 47.9 Å². The summed E-state index contributed by atoms with van der Waals surface area (Å²) in [5.74, 6) is 0.792. The summed E-state index contributed by atoms with van der Waals surface area (Å²) in [6.07, 6.45) is 12.2. The molecule has 262 valence electrons. The number of allylic oxidation sites excluding steroid dienone is 4. The average Bonchev–Trinajstić information content (AvgIpc) is 3.69. The molecule has 2 aromatic rings. The largest absolute Gasteiger partial charge is 0.493 e. The first-order chi connectivity index (χ1) is 24.2. The Kier molecular flexibility index (Phi) is 10.5. The highest BCUT2D eigenvalue weighted by Gasteiger charge is 2.45. The second-order valence-corrected chi connectivity index (χ2v) is 12.3. The zero-order chi connectivity index (χ0) is 35.5. The lowest BCUT2D eigenvalue weighted by Crippen LogP contribution is -2.50. The number of anilines is 1. The Labute approximate surface area is 303 Å². The van der Waals surface area contributed by atoms with Crippen LogP contribution in [0.15, 0.2) is 77.1 Å². The van der Waals surface area contributed by atoms with E-state index in [0.29, 0.717) is 42.0 Å². The lowest BCUT2D eigenvalue weighted by Gasteiger charge is -2.30. The smallest absolute Gasteiger partial charge is 0.426 e. The fraction of sp³-hybridized carbons (Fsp3) is 0.333. The van der Waals surface area contributed by atoms with E-state index >= 15 is 0 Å². The zero-order valence-electron chi connectivity index (χ0n) is 28.0. The molecule has 0 radical (unpaired) electrons. The Morgan fingerprint density at radius 3 is 2.12 bits per heavy atom. The minimum Gasteiger partial charge on any atom is -0.493 e. The van der Waals surface area contributed by atoms with Gasteiger partial charge in [0.15, 0.2) is 52.2 Å². The van der Waals surface area contributed by atoms with Crippen molar-refractivity contribution in [2.75, 3.05) is 32.3 Å². The number of methoxy groups -OCH3 is 2. The van der Waals surface area contributed by atoms with Gasteiger partial charge in [-0.15, -0.1) is 0 Å². The fourth-order valence-electron chi connectivity index (χ4n) is 6.49. The third-order valence-corrected chi connectivity index (χ3v) is 9.17. The van der Waals surface area contributed by atoms with Crippen LogP contribution in [-0.4, -0.2) is 84.8 Å². The number of aliphatic hydroxyl groups excluding tert-OH is 1. The van der Waals surface area contributed by atoms with Gasteiger partial charge in [0.25, 0.3) is 11.8 Å². The van der Waals surface area contributed by atoms with Crippen LogP contribution < -0.4 is 23.8 Å². The van der Waals surface area contributed by atoms with E-state index in [4.69, 9.17) is 22.0 Å². The van der Waals surface area contributed by atoms with Gasteiger partial charge in [-0.2, -0.15) is 0 Å². The maximum atomic E-state index is 13.8. The number of fused-ring (bicyclic) bond motifs is 4. The van der Waals surface area contributed by atoms with Crippen molar-refractivity contribution in [2.24, 2.45) is 4.99 Å². The molecule has 4 aliphatic rings. The van der Waals surface area contributed by atoms with E-state index in [1.807, 2.05) is 44.4 Å². The number of carbonyl (C=O) groups is 3. The van der Waals surface area contributed by atoms with Gasteiger partial charge in [0.2, 0.25) is 0 Å². The van der Waals surface area contributed by atoms with Gasteiger partial charge in [0.05, 0.1) is 62.0 Å². The zero-order valence-corrected chi connectivity index (χ0v) is 30.2. The van der Waals surface area contributed by atoms with E-state index in [1.54, 1.807) is 29.4 Å². The van der Waals surface area contributed by atoms with E-state index < -0.39 is 24.3 Å². The molecule has 3 amide bonds. The monoisotopic (exact) mass is 796 g/mol. The summed E-state index contributed by atoms with van der Waals surface area (Å²) in [5, 5.41) is 11.4. The number of amides is 3. The van der Waals surface area contributed by atoms with E-state index in [2.05, 4.69) is 4.99 Å². The summed E-state index contributed by atoms with van der Waals surface area (Å²) in [5.41, 5.74) is 3.08. The van der Waals surface area contributed by atoms with Crippen LogP contribution in [0.3, 0.4) is 0 Å². The third-order valence-electron chi connectivity index (χ3n) is 8.79. The third kappa shape index (κ3) is 6.56. The number of aliphatic imine (C=N–C) groups is 1. The molecule has 0 saturated heterocycles. The molecule has 0 saturated carbocycles. The first kappa shape index (κ1) is 35.0. The molecule has 0 spiro atoms. The summed E-state index contributed by atoms with van der Waals surface area (Å²) in [6.45, 7) is 4.21. The molecule has 14 heteroatoms.